The fourth-order valence-electron chi connectivity index (χ4n) is 3.07. The van der Waals surface area contributed by atoms with Gasteiger partial charge in [0.1, 0.15) is 17.0 Å². The van der Waals surface area contributed by atoms with Crippen molar-refractivity contribution >= 4 is 11.9 Å². The molecule has 21 heavy (non-hydrogen) atoms. The Morgan fingerprint density at radius 2 is 2.14 bits per heavy atom. The average Bonchev–Trinajstić information content (AvgIpc) is 2.98. The number of rotatable bonds is 3. The lowest BCUT2D eigenvalue weighted by Crippen LogP contribution is -2.56. The molecule has 0 radical (unpaired) electrons. The van der Waals surface area contributed by atoms with E-state index >= 15 is 0 Å². The van der Waals surface area contributed by atoms with Crippen LogP contribution in [0, 0.1) is 0 Å². The van der Waals surface area contributed by atoms with Gasteiger partial charge in [0, 0.05) is 12.4 Å². The van der Waals surface area contributed by atoms with Gasteiger partial charge in [0.2, 0.25) is 0 Å². The van der Waals surface area contributed by atoms with Crippen molar-refractivity contribution < 1.29 is 19.4 Å². The van der Waals surface area contributed by atoms with Crippen LogP contribution in [0.1, 0.15) is 39.0 Å². The summed E-state index contributed by atoms with van der Waals surface area (Å²) in [4.78, 5) is 25.7. The van der Waals surface area contributed by atoms with Crippen LogP contribution >= 0.6 is 0 Å². The van der Waals surface area contributed by atoms with Gasteiger partial charge in [0.05, 0.1) is 0 Å². The van der Waals surface area contributed by atoms with Crippen molar-refractivity contribution in [3.63, 3.8) is 0 Å². The quantitative estimate of drug-likeness (QED) is 0.713. The van der Waals surface area contributed by atoms with E-state index in [1.54, 1.807) is 24.2 Å². The van der Waals surface area contributed by atoms with E-state index in [2.05, 4.69) is 10.6 Å². The molecule has 0 bridgehead atoms. The minimum atomic E-state index is -1.15. The molecule has 2 heterocycles. The number of amides is 1. The highest BCUT2D eigenvalue weighted by Crippen LogP contribution is 2.30. The second-order valence-corrected chi connectivity index (χ2v) is 5.72. The Labute approximate surface area is 122 Å². The van der Waals surface area contributed by atoms with Crippen molar-refractivity contribution in [1.29, 1.82) is 0 Å². The molecule has 114 valence electrons. The van der Waals surface area contributed by atoms with Crippen LogP contribution in [0.25, 0.3) is 0 Å². The molecule has 0 aromatic heterocycles. The van der Waals surface area contributed by atoms with E-state index in [9.17, 15) is 14.7 Å². The van der Waals surface area contributed by atoms with Crippen LogP contribution in [0.2, 0.25) is 0 Å². The van der Waals surface area contributed by atoms with Crippen LogP contribution in [-0.4, -0.2) is 33.8 Å². The summed E-state index contributed by atoms with van der Waals surface area (Å²) in [5.74, 6) is -0.636. The third kappa shape index (κ3) is 2.32. The summed E-state index contributed by atoms with van der Waals surface area (Å²) in [6.07, 6.45) is 6.48. The minimum Gasteiger partial charge on any atom is -0.480 e. The zero-order valence-electron chi connectivity index (χ0n) is 11.9. The van der Waals surface area contributed by atoms with Gasteiger partial charge in [-0.1, -0.05) is 19.3 Å². The van der Waals surface area contributed by atoms with Gasteiger partial charge in [-0.2, -0.15) is 0 Å². The summed E-state index contributed by atoms with van der Waals surface area (Å²) in [6.45, 7) is 1.80. The molecule has 1 aliphatic carbocycles. The summed E-state index contributed by atoms with van der Waals surface area (Å²) in [5, 5.41) is 15.2. The molecular formula is C14H19N3O4. The minimum absolute atomic E-state index is 0.378. The van der Waals surface area contributed by atoms with E-state index in [0.29, 0.717) is 24.3 Å². The maximum absolute atomic E-state index is 12.5. The standard InChI is InChI=1S/C14H19N3O4/c1-9-8-17-10(7-15-13(17)21-9)11(18)16-14(12(19)20)5-3-2-4-6-14/h7-8,13,15H,2-6H2,1H3,(H,16,18)(H,19,20). The molecule has 0 spiro atoms. The van der Waals surface area contributed by atoms with Crippen molar-refractivity contribution in [1.82, 2.24) is 15.5 Å². The Kier molecular flexibility index (Phi) is 3.27. The number of aliphatic carboxylic acids is 1. The van der Waals surface area contributed by atoms with Gasteiger partial charge in [0.25, 0.3) is 12.3 Å². The van der Waals surface area contributed by atoms with Crippen LogP contribution in [0.15, 0.2) is 23.9 Å². The van der Waals surface area contributed by atoms with Gasteiger partial charge in [-0.3, -0.25) is 9.69 Å². The molecule has 1 atom stereocenters. The van der Waals surface area contributed by atoms with Crippen LogP contribution in [-0.2, 0) is 14.3 Å². The number of ether oxygens (including phenoxy) is 1. The molecule has 3 N–H and O–H groups in total. The first-order valence-corrected chi connectivity index (χ1v) is 7.17. The molecule has 1 saturated carbocycles. The number of hydrogen-bond donors (Lipinski definition) is 3. The highest BCUT2D eigenvalue weighted by molar-refractivity contribution is 5.97. The molecule has 0 aromatic carbocycles. The normalized spacial score (nSPS) is 26.1. The van der Waals surface area contributed by atoms with Crippen molar-refractivity contribution in [3.05, 3.63) is 23.9 Å². The lowest BCUT2D eigenvalue weighted by molar-refractivity contribution is -0.148. The predicted molar refractivity (Wildman–Crippen MR) is 73.3 cm³/mol. The number of carboxylic acids is 1. The van der Waals surface area contributed by atoms with Gasteiger partial charge in [-0.15, -0.1) is 0 Å². The van der Waals surface area contributed by atoms with E-state index in [1.807, 2.05) is 0 Å². The SMILES string of the molecule is CC1=CN2C(C(=O)NC3(C(=O)O)CCCCC3)=CNC2O1. The smallest absolute Gasteiger partial charge is 0.329 e. The van der Waals surface area contributed by atoms with Gasteiger partial charge in [0.15, 0.2) is 0 Å². The van der Waals surface area contributed by atoms with Crippen LogP contribution in [0.4, 0.5) is 0 Å². The van der Waals surface area contributed by atoms with E-state index in [1.165, 1.54) is 0 Å². The lowest BCUT2D eigenvalue weighted by Gasteiger charge is -2.34. The first-order chi connectivity index (χ1) is 10.0. The number of nitrogens with zero attached hydrogens (tertiary/aromatic N) is 1. The van der Waals surface area contributed by atoms with Crippen LogP contribution in [0.5, 0.6) is 0 Å². The second kappa shape index (κ2) is 4.98. The van der Waals surface area contributed by atoms with Gasteiger partial charge < -0.3 is 20.5 Å². The highest BCUT2D eigenvalue weighted by atomic mass is 16.5. The van der Waals surface area contributed by atoms with E-state index in [-0.39, 0.29) is 5.91 Å². The van der Waals surface area contributed by atoms with E-state index < -0.39 is 17.9 Å². The molecule has 1 unspecified atom stereocenters. The maximum Gasteiger partial charge on any atom is 0.329 e. The summed E-state index contributed by atoms with van der Waals surface area (Å²) >= 11 is 0. The van der Waals surface area contributed by atoms with Gasteiger partial charge in [-0.25, -0.2) is 4.79 Å². The molecule has 1 fully saturated rings. The Hall–Kier alpha value is -2.18. The monoisotopic (exact) mass is 293 g/mol. The number of carbonyl (C=O) groups excluding carboxylic acids is 1. The second-order valence-electron chi connectivity index (χ2n) is 5.72. The fraction of sp³-hybridized carbons (Fsp3) is 0.571. The topological polar surface area (TPSA) is 90.9 Å². The van der Waals surface area contributed by atoms with Gasteiger partial charge in [-0.05, 0) is 19.8 Å². The number of carbonyl (C=O) groups is 2. The van der Waals surface area contributed by atoms with Crippen LogP contribution < -0.4 is 10.6 Å². The summed E-state index contributed by atoms with van der Waals surface area (Å²) in [7, 11) is 0. The highest BCUT2D eigenvalue weighted by Gasteiger charge is 2.43. The zero-order chi connectivity index (χ0) is 15.0. The lowest BCUT2D eigenvalue weighted by atomic mass is 9.81. The Morgan fingerprint density at radius 1 is 1.43 bits per heavy atom. The summed E-state index contributed by atoms with van der Waals surface area (Å²) in [5.41, 5.74) is -0.767. The summed E-state index contributed by atoms with van der Waals surface area (Å²) < 4.78 is 5.46. The molecule has 0 saturated heterocycles. The molecule has 0 aromatic rings. The van der Waals surface area contributed by atoms with Crippen molar-refractivity contribution in [2.75, 3.05) is 0 Å². The first-order valence-electron chi connectivity index (χ1n) is 7.17. The van der Waals surface area contributed by atoms with Gasteiger partial charge >= 0.3 is 5.97 Å². The Balaban J connectivity index is 1.75. The van der Waals surface area contributed by atoms with E-state index in [4.69, 9.17) is 4.74 Å². The van der Waals surface area contributed by atoms with Crippen molar-refractivity contribution in [2.24, 2.45) is 0 Å². The van der Waals surface area contributed by atoms with Crippen LogP contribution in [0.3, 0.4) is 0 Å². The largest absolute Gasteiger partial charge is 0.480 e. The molecule has 1 amide bonds. The molecule has 7 heteroatoms. The number of hydrogen-bond acceptors (Lipinski definition) is 5. The Bertz CT molecular complexity index is 534. The molecule has 7 nitrogen and oxygen atoms in total. The molecule has 3 aliphatic rings. The third-order valence-corrected chi connectivity index (χ3v) is 4.21. The number of nitrogens with one attached hydrogen (secondary N) is 2. The number of carboxylic acid groups (broad SMARTS) is 1. The molecule has 3 rings (SSSR count). The third-order valence-electron chi connectivity index (χ3n) is 4.21. The maximum atomic E-state index is 12.5. The van der Waals surface area contributed by atoms with E-state index in [0.717, 1.165) is 19.3 Å². The van der Waals surface area contributed by atoms with Crippen molar-refractivity contribution in [2.45, 2.75) is 50.9 Å². The zero-order valence-corrected chi connectivity index (χ0v) is 11.9. The van der Waals surface area contributed by atoms with Crippen molar-refractivity contribution in [3.8, 4) is 0 Å². The number of fused-ring (bicyclic) bond motifs is 1. The molecule has 2 aliphatic heterocycles. The summed E-state index contributed by atoms with van der Waals surface area (Å²) in [6, 6.07) is 0. The molecular weight excluding hydrogens is 274 g/mol. The fourth-order valence-corrected chi connectivity index (χ4v) is 3.07. The Morgan fingerprint density at radius 3 is 2.81 bits per heavy atom. The predicted octanol–water partition coefficient (Wildman–Crippen LogP) is 0.812. The first kappa shape index (κ1) is 13.8. The number of allylic oxidation sites excluding steroid dienone is 1. The average molecular weight is 293 g/mol.